The first-order valence-electron chi connectivity index (χ1n) is 9.80. The summed E-state index contributed by atoms with van der Waals surface area (Å²) >= 11 is 0. The van der Waals surface area contributed by atoms with Gasteiger partial charge in [0, 0.05) is 32.3 Å². The number of para-hydroxylation sites is 2. The van der Waals surface area contributed by atoms with Crippen molar-refractivity contribution in [3.8, 4) is 0 Å². The van der Waals surface area contributed by atoms with Crippen LogP contribution in [0.5, 0.6) is 0 Å². The third-order valence-electron chi connectivity index (χ3n) is 5.97. The molecule has 2 aliphatic rings. The second-order valence-corrected chi connectivity index (χ2v) is 7.59. The molecule has 0 atom stereocenters. The standard InChI is InChI=1S/C20H29N3O2/c24-20-21-18-5-1-2-6-19(18)23(20)17-7-12-22(13-8-17)11-3-4-16-9-14-25-15-10-16/h1-2,5-6,16-17H,3-4,7-15H2,(H,21,24). The molecule has 5 nitrogen and oxygen atoms in total. The summed E-state index contributed by atoms with van der Waals surface area (Å²) in [5.41, 5.74) is 2.04. The molecule has 2 fully saturated rings. The summed E-state index contributed by atoms with van der Waals surface area (Å²) in [4.78, 5) is 17.9. The molecule has 1 N–H and O–H groups in total. The fraction of sp³-hybridized carbons (Fsp3) is 0.650. The smallest absolute Gasteiger partial charge is 0.326 e. The summed E-state index contributed by atoms with van der Waals surface area (Å²) in [6, 6.07) is 8.35. The second kappa shape index (κ2) is 7.75. The van der Waals surface area contributed by atoms with Crippen molar-refractivity contribution >= 4 is 11.0 Å². The Kier molecular flexibility index (Phi) is 5.22. The largest absolute Gasteiger partial charge is 0.381 e. The SMILES string of the molecule is O=c1[nH]c2ccccc2n1C1CCN(CCCC2CCOCC2)CC1. The molecule has 1 aromatic carbocycles. The van der Waals surface area contributed by atoms with Crippen LogP contribution in [0.15, 0.2) is 29.1 Å². The van der Waals surface area contributed by atoms with Crippen molar-refractivity contribution in [3.63, 3.8) is 0 Å². The number of piperidine rings is 1. The van der Waals surface area contributed by atoms with E-state index < -0.39 is 0 Å². The Bertz CT molecular complexity index is 737. The predicted octanol–water partition coefficient (Wildman–Crippen LogP) is 3.17. The molecule has 0 amide bonds. The Labute approximate surface area is 149 Å². The monoisotopic (exact) mass is 343 g/mol. The van der Waals surface area contributed by atoms with Crippen molar-refractivity contribution in [2.75, 3.05) is 32.8 Å². The lowest BCUT2D eigenvalue weighted by Gasteiger charge is -2.33. The molecule has 4 rings (SSSR count). The summed E-state index contributed by atoms with van der Waals surface area (Å²) in [6.45, 7) is 5.31. The van der Waals surface area contributed by atoms with E-state index in [0.29, 0.717) is 6.04 Å². The maximum atomic E-state index is 12.4. The number of hydrogen-bond donors (Lipinski definition) is 1. The molecule has 2 saturated heterocycles. The zero-order valence-corrected chi connectivity index (χ0v) is 15.0. The van der Waals surface area contributed by atoms with Crippen LogP contribution in [0.1, 0.15) is 44.6 Å². The molecule has 3 heterocycles. The van der Waals surface area contributed by atoms with Gasteiger partial charge in [-0.1, -0.05) is 12.1 Å². The Hall–Kier alpha value is -1.59. The quantitative estimate of drug-likeness (QED) is 0.907. The van der Waals surface area contributed by atoms with Gasteiger partial charge in [0.15, 0.2) is 0 Å². The van der Waals surface area contributed by atoms with Crippen molar-refractivity contribution in [1.82, 2.24) is 14.5 Å². The minimum absolute atomic E-state index is 0.0409. The lowest BCUT2D eigenvalue weighted by molar-refractivity contribution is 0.0617. The zero-order valence-electron chi connectivity index (χ0n) is 15.0. The van der Waals surface area contributed by atoms with E-state index in [9.17, 15) is 4.79 Å². The molecular formula is C20H29N3O2. The van der Waals surface area contributed by atoms with Gasteiger partial charge >= 0.3 is 5.69 Å². The van der Waals surface area contributed by atoms with Crippen LogP contribution in [-0.4, -0.2) is 47.3 Å². The van der Waals surface area contributed by atoms with Gasteiger partial charge in [-0.15, -0.1) is 0 Å². The molecule has 2 aliphatic heterocycles. The number of ether oxygens (including phenoxy) is 1. The molecular weight excluding hydrogens is 314 g/mol. The fourth-order valence-electron chi connectivity index (χ4n) is 4.48. The highest BCUT2D eigenvalue weighted by molar-refractivity contribution is 5.75. The van der Waals surface area contributed by atoms with E-state index in [1.807, 2.05) is 28.8 Å². The van der Waals surface area contributed by atoms with Gasteiger partial charge in [-0.25, -0.2) is 4.79 Å². The first-order chi connectivity index (χ1) is 12.3. The minimum Gasteiger partial charge on any atom is -0.381 e. The molecule has 0 unspecified atom stereocenters. The van der Waals surface area contributed by atoms with Crippen LogP contribution < -0.4 is 5.69 Å². The third kappa shape index (κ3) is 3.82. The lowest BCUT2D eigenvalue weighted by atomic mass is 9.94. The topological polar surface area (TPSA) is 50.3 Å². The predicted molar refractivity (Wildman–Crippen MR) is 100 cm³/mol. The molecule has 0 radical (unpaired) electrons. The maximum absolute atomic E-state index is 12.4. The van der Waals surface area contributed by atoms with Crippen LogP contribution >= 0.6 is 0 Å². The van der Waals surface area contributed by atoms with E-state index in [1.54, 1.807) is 0 Å². The van der Waals surface area contributed by atoms with Crippen LogP contribution in [0, 0.1) is 5.92 Å². The van der Waals surface area contributed by atoms with E-state index in [4.69, 9.17) is 4.74 Å². The highest BCUT2D eigenvalue weighted by Gasteiger charge is 2.23. The number of H-pyrrole nitrogens is 1. The molecule has 0 aliphatic carbocycles. The van der Waals surface area contributed by atoms with Gasteiger partial charge in [0.25, 0.3) is 0 Å². The molecule has 25 heavy (non-hydrogen) atoms. The highest BCUT2D eigenvalue weighted by atomic mass is 16.5. The number of hydrogen-bond acceptors (Lipinski definition) is 3. The highest BCUT2D eigenvalue weighted by Crippen LogP contribution is 2.26. The summed E-state index contributed by atoms with van der Waals surface area (Å²) in [6.07, 6.45) is 7.25. The van der Waals surface area contributed by atoms with Crippen molar-refractivity contribution < 1.29 is 4.74 Å². The molecule has 0 saturated carbocycles. The Morgan fingerprint density at radius 2 is 1.84 bits per heavy atom. The van der Waals surface area contributed by atoms with E-state index in [2.05, 4.69) is 9.88 Å². The Morgan fingerprint density at radius 1 is 1.08 bits per heavy atom. The van der Waals surface area contributed by atoms with Crippen LogP contribution in [0.2, 0.25) is 0 Å². The van der Waals surface area contributed by atoms with Crippen molar-refractivity contribution in [2.24, 2.45) is 5.92 Å². The number of benzene rings is 1. The van der Waals surface area contributed by atoms with Gasteiger partial charge in [0.05, 0.1) is 11.0 Å². The van der Waals surface area contributed by atoms with Crippen molar-refractivity contribution in [1.29, 1.82) is 0 Å². The summed E-state index contributed by atoms with van der Waals surface area (Å²) in [7, 11) is 0. The van der Waals surface area contributed by atoms with Crippen molar-refractivity contribution in [3.05, 3.63) is 34.7 Å². The van der Waals surface area contributed by atoms with Crippen LogP contribution in [0.4, 0.5) is 0 Å². The number of rotatable bonds is 5. The maximum Gasteiger partial charge on any atom is 0.326 e. The second-order valence-electron chi connectivity index (χ2n) is 7.59. The first-order valence-corrected chi connectivity index (χ1v) is 9.80. The first kappa shape index (κ1) is 16.9. The molecule has 1 aromatic heterocycles. The number of nitrogens with zero attached hydrogens (tertiary/aromatic N) is 2. The molecule has 0 bridgehead atoms. The summed E-state index contributed by atoms with van der Waals surface area (Å²) in [5.74, 6) is 0.871. The fourth-order valence-corrected chi connectivity index (χ4v) is 4.48. The number of likely N-dealkylation sites (tertiary alicyclic amines) is 1. The molecule has 5 heteroatoms. The van der Waals surface area contributed by atoms with Gasteiger partial charge in [-0.3, -0.25) is 4.57 Å². The third-order valence-corrected chi connectivity index (χ3v) is 5.97. The Balaban J connectivity index is 1.29. The van der Waals surface area contributed by atoms with E-state index >= 15 is 0 Å². The minimum atomic E-state index is 0.0409. The van der Waals surface area contributed by atoms with Crippen LogP contribution in [-0.2, 0) is 4.74 Å². The summed E-state index contributed by atoms with van der Waals surface area (Å²) in [5, 5.41) is 0. The van der Waals surface area contributed by atoms with Gasteiger partial charge in [0.1, 0.15) is 0 Å². The number of fused-ring (bicyclic) bond motifs is 1. The number of imidazole rings is 1. The van der Waals surface area contributed by atoms with E-state index in [-0.39, 0.29) is 5.69 Å². The summed E-state index contributed by atoms with van der Waals surface area (Å²) < 4.78 is 7.42. The van der Waals surface area contributed by atoms with Crippen LogP contribution in [0.3, 0.4) is 0 Å². The van der Waals surface area contributed by atoms with Crippen LogP contribution in [0.25, 0.3) is 11.0 Å². The van der Waals surface area contributed by atoms with E-state index in [1.165, 1.54) is 32.2 Å². The number of nitrogens with one attached hydrogen (secondary N) is 1. The Morgan fingerprint density at radius 3 is 2.64 bits per heavy atom. The molecule has 0 spiro atoms. The van der Waals surface area contributed by atoms with Gasteiger partial charge < -0.3 is 14.6 Å². The molecule has 136 valence electrons. The average Bonchev–Trinajstić information content (AvgIpc) is 2.99. The number of aromatic nitrogens is 2. The van der Waals surface area contributed by atoms with Gasteiger partial charge in [0.2, 0.25) is 0 Å². The van der Waals surface area contributed by atoms with Gasteiger partial charge in [-0.05, 0) is 63.1 Å². The zero-order chi connectivity index (χ0) is 17.1. The van der Waals surface area contributed by atoms with E-state index in [0.717, 1.165) is 56.1 Å². The van der Waals surface area contributed by atoms with Crippen molar-refractivity contribution in [2.45, 2.75) is 44.6 Å². The average molecular weight is 343 g/mol. The van der Waals surface area contributed by atoms with Gasteiger partial charge in [-0.2, -0.15) is 0 Å². The number of aromatic amines is 1. The lowest BCUT2D eigenvalue weighted by Crippen LogP contribution is -2.37. The molecule has 2 aromatic rings. The normalized spacial score (nSPS) is 21.1.